The molecule has 0 aliphatic carbocycles. The van der Waals surface area contributed by atoms with E-state index in [0.29, 0.717) is 33.0 Å². The summed E-state index contributed by atoms with van der Waals surface area (Å²) < 4.78 is 18.0. The van der Waals surface area contributed by atoms with E-state index in [1.165, 1.54) is 0 Å². The van der Waals surface area contributed by atoms with Crippen LogP contribution in [-0.2, 0) is 27.9 Å². The van der Waals surface area contributed by atoms with Gasteiger partial charge in [-0.05, 0) is 30.7 Å². The highest BCUT2D eigenvalue weighted by Gasteiger charge is 2.17. The molecule has 0 bridgehead atoms. The molecule has 3 aromatic rings. The van der Waals surface area contributed by atoms with Crippen molar-refractivity contribution in [2.24, 2.45) is 0 Å². The Kier molecular flexibility index (Phi) is 6.88. The maximum absolute atomic E-state index is 12.4. The lowest BCUT2D eigenvalue weighted by atomic mass is 10.2. The van der Waals surface area contributed by atoms with Gasteiger partial charge in [-0.2, -0.15) is 0 Å². The van der Waals surface area contributed by atoms with Crippen molar-refractivity contribution in [3.05, 3.63) is 75.6 Å². The largest absolute Gasteiger partial charge is 0.441 e. The van der Waals surface area contributed by atoms with E-state index in [9.17, 15) is 9.00 Å². The third-order valence-electron chi connectivity index (χ3n) is 4.02. The van der Waals surface area contributed by atoms with Gasteiger partial charge in [0.25, 0.3) is 0 Å². The molecule has 0 radical (unpaired) electrons. The minimum atomic E-state index is -1.42. The van der Waals surface area contributed by atoms with E-state index in [1.807, 2.05) is 30.3 Å². The lowest BCUT2D eigenvalue weighted by Gasteiger charge is -2.06. The minimum absolute atomic E-state index is 0.124. The molecule has 0 aliphatic rings. The third-order valence-corrected chi connectivity index (χ3v) is 5.90. The first kappa shape index (κ1) is 20.6. The summed E-state index contributed by atoms with van der Waals surface area (Å²) in [5.41, 5.74) is 2.02. The fourth-order valence-corrected chi connectivity index (χ4v) is 4.04. The highest BCUT2D eigenvalue weighted by atomic mass is 35.5. The molecule has 0 spiro atoms. The molecule has 2 aromatic carbocycles. The molecule has 0 aliphatic heterocycles. The summed E-state index contributed by atoms with van der Waals surface area (Å²) in [6.07, 6.45) is 0. The average molecular weight is 437 g/mol. The van der Waals surface area contributed by atoms with Gasteiger partial charge in [0, 0.05) is 22.4 Å². The molecule has 0 unspecified atom stereocenters. The molecule has 0 saturated heterocycles. The van der Waals surface area contributed by atoms with Gasteiger partial charge in [0.1, 0.15) is 11.5 Å². The fraction of sp³-hybridized carbons (Fsp3) is 0.200. The number of aryl methyl sites for hydroxylation is 1. The van der Waals surface area contributed by atoms with Crippen LogP contribution in [0, 0.1) is 6.92 Å². The van der Waals surface area contributed by atoms with E-state index >= 15 is 0 Å². The summed E-state index contributed by atoms with van der Waals surface area (Å²) in [6, 6.07) is 14.4. The van der Waals surface area contributed by atoms with Crippen LogP contribution in [0.25, 0.3) is 11.5 Å². The molecule has 0 saturated carbocycles. The van der Waals surface area contributed by atoms with Crippen LogP contribution in [0.15, 0.2) is 52.9 Å². The molecule has 146 valence electrons. The van der Waals surface area contributed by atoms with Crippen LogP contribution in [0.3, 0.4) is 0 Å². The van der Waals surface area contributed by atoms with Crippen molar-refractivity contribution in [3.8, 4) is 11.5 Å². The average Bonchev–Trinajstić information content (AvgIpc) is 3.01. The Morgan fingerprint density at radius 2 is 1.79 bits per heavy atom. The summed E-state index contributed by atoms with van der Waals surface area (Å²) in [4.78, 5) is 16.5. The Labute approximate surface area is 175 Å². The predicted octanol–water partition coefficient (Wildman–Crippen LogP) is 4.52. The number of nitrogens with zero attached hydrogens (tertiary/aromatic N) is 1. The molecule has 1 heterocycles. The van der Waals surface area contributed by atoms with Gasteiger partial charge in [0.05, 0.1) is 22.0 Å². The lowest BCUT2D eigenvalue weighted by molar-refractivity contribution is -0.118. The molecule has 0 fully saturated rings. The Bertz CT molecular complexity index is 1020. The van der Waals surface area contributed by atoms with Gasteiger partial charge < -0.3 is 9.73 Å². The van der Waals surface area contributed by atoms with Gasteiger partial charge in [-0.25, -0.2) is 4.98 Å². The van der Waals surface area contributed by atoms with E-state index in [0.717, 1.165) is 5.56 Å². The van der Waals surface area contributed by atoms with E-state index < -0.39 is 10.8 Å². The van der Waals surface area contributed by atoms with Gasteiger partial charge in [0.2, 0.25) is 11.8 Å². The zero-order valence-corrected chi connectivity index (χ0v) is 17.4. The molecular weight excluding hydrogens is 419 g/mol. The second kappa shape index (κ2) is 9.37. The van der Waals surface area contributed by atoms with E-state index in [4.69, 9.17) is 27.6 Å². The number of hydrogen-bond donors (Lipinski definition) is 1. The molecule has 1 aromatic heterocycles. The standard InChI is InChI=1S/C20H18Cl2N2O3S/c1-13-18(24-20(27-13)15-7-3-5-9-17(15)22)11-28(26)12-19(25)23-10-14-6-2-4-8-16(14)21/h2-9H,10-12H2,1H3,(H,23,25)/t28-/m1/s1. The monoisotopic (exact) mass is 436 g/mol. The molecule has 8 heteroatoms. The van der Waals surface area contributed by atoms with E-state index in [1.54, 1.807) is 25.1 Å². The Morgan fingerprint density at radius 3 is 2.50 bits per heavy atom. The van der Waals surface area contributed by atoms with Gasteiger partial charge in [-0.3, -0.25) is 9.00 Å². The summed E-state index contributed by atoms with van der Waals surface area (Å²) in [5, 5.41) is 3.83. The number of nitrogens with one attached hydrogen (secondary N) is 1. The quantitative estimate of drug-likeness (QED) is 0.590. The van der Waals surface area contributed by atoms with E-state index in [2.05, 4.69) is 10.3 Å². The number of halogens is 2. The van der Waals surface area contributed by atoms with Crippen LogP contribution in [0.4, 0.5) is 0 Å². The smallest absolute Gasteiger partial charge is 0.232 e. The third kappa shape index (κ3) is 5.22. The predicted molar refractivity (Wildman–Crippen MR) is 112 cm³/mol. The number of carbonyl (C=O) groups excluding carboxylic acids is 1. The Hall–Kier alpha value is -2.15. The fourth-order valence-electron chi connectivity index (χ4n) is 2.55. The highest BCUT2D eigenvalue weighted by Crippen LogP contribution is 2.28. The van der Waals surface area contributed by atoms with Gasteiger partial charge in [0.15, 0.2) is 0 Å². The van der Waals surface area contributed by atoms with Gasteiger partial charge >= 0.3 is 0 Å². The lowest BCUT2D eigenvalue weighted by Crippen LogP contribution is -2.28. The number of oxazole rings is 1. The van der Waals surface area contributed by atoms with Crippen molar-refractivity contribution in [1.29, 1.82) is 0 Å². The molecule has 28 heavy (non-hydrogen) atoms. The molecule has 1 amide bonds. The van der Waals surface area contributed by atoms with Crippen molar-refractivity contribution in [2.45, 2.75) is 19.2 Å². The summed E-state index contributed by atoms with van der Waals surface area (Å²) in [5.74, 6) is 0.612. The SMILES string of the molecule is Cc1oc(-c2ccccc2Cl)nc1C[S@@](=O)CC(=O)NCc1ccccc1Cl. The number of rotatable bonds is 7. The first-order valence-electron chi connectivity index (χ1n) is 8.50. The molecule has 5 nitrogen and oxygen atoms in total. The van der Waals surface area contributed by atoms with Crippen LogP contribution in [-0.4, -0.2) is 20.9 Å². The van der Waals surface area contributed by atoms with Crippen LogP contribution >= 0.6 is 23.2 Å². The van der Waals surface area contributed by atoms with Gasteiger partial charge in [-0.1, -0.05) is 53.5 Å². The van der Waals surface area contributed by atoms with Crippen molar-refractivity contribution in [2.75, 3.05) is 5.75 Å². The topological polar surface area (TPSA) is 72.2 Å². The number of amides is 1. The normalized spacial score (nSPS) is 12.0. The zero-order valence-electron chi connectivity index (χ0n) is 15.1. The van der Waals surface area contributed by atoms with E-state index in [-0.39, 0.29) is 24.0 Å². The maximum Gasteiger partial charge on any atom is 0.232 e. The van der Waals surface area contributed by atoms with Crippen LogP contribution in [0.1, 0.15) is 17.0 Å². The van der Waals surface area contributed by atoms with Crippen molar-refractivity contribution in [3.63, 3.8) is 0 Å². The summed E-state index contributed by atoms with van der Waals surface area (Å²) in [6.45, 7) is 2.03. The van der Waals surface area contributed by atoms with Gasteiger partial charge in [-0.15, -0.1) is 0 Å². The molecule has 1 N–H and O–H groups in total. The first-order valence-corrected chi connectivity index (χ1v) is 10.7. The number of aromatic nitrogens is 1. The second-order valence-corrected chi connectivity index (χ2v) is 8.37. The second-order valence-electron chi connectivity index (χ2n) is 6.10. The summed E-state index contributed by atoms with van der Waals surface area (Å²) >= 11 is 12.2. The van der Waals surface area contributed by atoms with Crippen molar-refractivity contribution >= 4 is 39.9 Å². The number of benzene rings is 2. The van der Waals surface area contributed by atoms with Crippen LogP contribution in [0.2, 0.25) is 10.0 Å². The minimum Gasteiger partial charge on any atom is -0.441 e. The summed E-state index contributed by atoms with van der Waals surface area (Å²) in [7, 11) is -1.42. The van der Waals surface area contributed by atoms with Crippen molar-refractivity contribution < 1.29 is 13.4 Å². The number of hydrogen-bond acceptors (Lipinski definition) is 4. The first-order chi connectivity index (χ1) is 13.4. The van der Waals surface area contributed by atoms with Crippen molar-refractivity contribution in [1.82, 2.24) is 10.3 Å². The molecular formula is C20H18Cl2N2O3S. The van der Waals surface area contributed by atoms with Crippen LogP contribution < -0.4 is 5.32 Å². The Morgan fingerprint density at radius 1 is 1.11 bits per heavy atom. The molecule has 1 atom stereocenters. The molecule has 3 rings (SSSR count). The highest BCUT2D eigenvalue weighted by molar-refractivity contribution is 7.84. The Balaban J connectivity index is 1.58. The number of carbonyl (C=O) groups is 1. The maximum atomic E-state index is 12.4. The zero-order chi connectivity index (χ0) is 20.1. The van der Waals surface area contributed by atoms with Crippen LogP contribution in [0.5, 0.6) is 0 Å².